The number of nitrogens with one attached hydrogen (secondary N) is 2. The van der Waals surface area contributed by atoms with Crippen molar-refractivity contribution >= 4 is 11.8 Å². The number of rotatable bonds is 5. The van der Waals surface area contributed by atoms with Crippen molar-refractivity contribution in [3.05, 3.63) is 46.8 Å². The highest BCUT2D eigenvalue weighted by Gasteiger charge is 2.26. The van der Waals surface area contributed by atoms with Gasteiger partial charge in [-0.1, -0.05) is 6.07 Å². The molecule has 2 N–H and O–H groups in total. The smallest absolute Gasteiger partial charge is 0.222 e. The van der Waals surface area contributed by atoms with Crippen LogP contribution in [0.5, 0.6) is 0 Å². The summed E-state index contributed by atoms with van der Waals surface area (Å²) in [6.45, 7) is 6.02. The Labute approximate surface area is 154 Å². The highest BCUT2D eigenvalue weighted by Crippen LogP contribution is 2.31. The first-order valence-electron chi connectivity index (χ1n) is 9.14. The Kier molecular flexibility index (Phi) is 5.40. The van der Waals surface area contributed by atoms with Crippen LogP contribution in [0.25, 0.3) is 5.69 Å². The second-order valence-corrected chi connectivity index (χ2v) is 6.97. The summed E-state index contributed by atoms with van der Waals surface area (Å²) in [7, 11) is 0. The molecule has 1 aliphatic carbocycles. The lowest BCUT2D eigenvalue weighted by atomic mass is 9.92. The fourth-order valence-corrected chi connectivity index (χ4v) is 3.41. The van der Waals surface area contributed by atoms with Gasteiger partial charge >= 0.3 is 0 Å². The number of nitrogens with zero attached hydrogens (tertiary/aromatic N) is 2. The van der Waals surface area contributed by atoms with Crippen molar-refractivity contribution in [3.8, 4) is 5.69 Å². The van der Waals surface area contributed by atoms with E-state index in [0.717, 1.165) is 30.5 Å². The molecule has 2 amide bonds. The van der Waals surface area contributed by atoms with Crippen molar-refractivity contribution in [2.24, 2.45) is 0 Å². The summed E-state index contributed by atoms with van der Waals surface area (Å²) in [4.78, 5) is 23.1. The molecule has 138 valence electrons. The number of fused-ring (bicyclic) bond motifs is 1. The highest BCUT2D eigenvalue weighted by molar-refractivity contribution is 5.78. The maximum absolute atomic E-state index is 12.2. The maximum Gasteiger partial charge on any atom is 0.222 e. The number of hydrogen-bond acceptors (Lipinski definition) is 3. The van der Waals surface area contributed by atoms with Crippen molar-refractivity contribution in [1.82, 2.24) is 20.4 Å². The Morgan fingerprint density at radius 3 is 2.81 bits per heavy atom. The van der Waals surface area contributed by atoms with Crippen LogP contribution in [-0.4, -0.2) is 28.1 Å². The van der Waals surface area contributed by atoms with Gasteiger partial charge in [-0.05, 0) is 56.4 Å². The van der Waals surface area contributed by atoms with E-state index < -0.39 is 0 Å². The van der Waals surface area contributed by atoms with Crippen LogP contribution in [0.2, 0.25) is 0 Å². The van der Waals surface area contributed by atoms with Crippen LogP contribution < -0.4 is 10.6 Å². The molecule has 1 unspecified atom stereocenters. The van der Waals surface area contributed by atoms with Crippen LogP contribution >= 0.6 is 0 Å². The van der Waals surface area contributed by atoms with Gasteiger partial charge in [0.05, 0.1) is 17.9 Å². The van der Waals surface area contributed by atoms with Gasteiger partial charge < -0.3 is 10.6 Å². The lowest BCUT2D eigenvalue weighted by Crippen LogP contribution is -2.33. The second kappa shape index (κ2) is 7.72. The molecule has 2 aromatic rings. The lowest BCUT2D eigenvalue weighted by molar-refractivity contribution is -0.122. The summed E-state index contributed by atoms with van der Waals surface area (Å²) in [5.41, 5.74) is 5.84. The van der Waals surface area contributed by atoms with Crippen LogP contribution in [0.4, 0.5) is 0 Å². The fourth-order valence-electron chi connectivity index (χ4n) is 3.41. The number of benzene rings is 1. The lowest BCUT2D eigenvalue weighted by Gasteiger charge is -2.24. The van der Waals surface area contributed by atoms with E-state index in [1.807, 2.05) is 10.9 Å². The van der Waals surface area contributed by atoms with E-state index in [1.54, 1.807) is 0 Å². The topological polar surface area (TPSA) is 76.0 Å². The number of aryl methyl sites for hydroxylation is 2. The number of amides is 2. The van der Waals surface area contributed by atoms with Crippen molar-refractivity contribution in [3.63, 3.8) is 0 Å². The third-order valence-corrected chi connectivity index (χ3v) is 4.98. The van der Waals surface area contributed by atoms with Crippen LogP contribution in [0.3, 0.4) is 0 Å². The van der Waals surface area contributed by atoms with Gasteiger partial charge in [0.15, 0.2) is 0 Å². The van der Waals surface area contributed by atoms with Gasteiger partial charge in [0.25, 0.3) is 0 Å². The van der Waals surface area contributed by atoms with E-state index in [2.05, 4.69) is 47.8 Å². The molecule has 0 fully saturated rings. The molecule has 0 saturated heterocycles. The maximum atomic E-state index is 12.2. The van der Waals surface area contributed by atoms with Gasteiger partial charge in [-0.15, -0.1) is 0 Å². The standard InChI is InChI=1S/C20H26N4O2/c1-13-7-8-16(11-14(13)2)24-19-6-4-5-18(17(19)12-22-24)23-20(26)9-10-21-15(3)25/h7-8,11-12,18H,4-6,9-10H2,1-3H3,(H,21,25)(H,23,26). The van der Waals surface area contributed by atoms with Crippen molar-refractivity contribution in [1.29, 1.82) is 0 Å². The average Bonchev–Trinajstić information content (AvgIpc) is 3.02. The van der Waals surface area contributed by atoms with E-state index in [1.165, 1.54) is 23.7 Å². The number of hydrogen-bond donors (Lipinski definition) is 2. The average molecular weight is 354 g/mol. The van der Waals surface area contributed by atoms with E-state index in [-0.39, 0.29) is 24.3 Å². The molecular weight excluding hydrogens is 328 g/mol. The van der Waals surface area contributed by atoms with E-state index in [9.17, 15) is 9.59 Å². The summed E-state index contributed by atoms with van der Waals surface area (Å²) < 4.78 is 2.00. The van der Waals surface area contributed by atoms with Crippen molar-refractivity contribution < 1.29 is 9.59 Å². The Bertz CT molecular complexity index is 825. The van der Waals surface area contributed by atoms with Crippen LogP contribution in [0.1, 0.15) is 54.6 Å². The fraction of sp³-hybridized carbons (Fsp3) is 0.450. The van der Waals surface area contributed by atoms with Crippen LogP contribution in [-0.2, 0) is 16.0 Å². The summed E-state index contributed by atoms with van der Waals surface area (Å²) in [6.07, 6.45) is 5.05. The van der Waals surface area contributed by atoms with Crippen LogP contribution in [0.15, 0.2) is 24.4 Å². The molecule has 0 saturated carbocycles. The normalized spacial score (nSPS) is 16.0. The molecule has 0 bridgehead atoms. The minimum Gasteiger partial charge on any atom is -0.356 e. The molecule has 1 aliphatic rings. The molecule has 1 atom stereocenters. The summed E-state index contributed by atoms with van der Waals surface area (Å²) in [5.74, 6) is -0.164. The molecule has 1 heterocycles. The highest BCUT2D eigenvalue weighted by atomic mass is 16.2. The zero-order valence-electron chi connectivity index (χ0n) is 15.6. The van der Waals surface area contributed by atoms with Gasteiger partial charge in [-0.3, -0.25) is 9.59 Å². The third kappa shape index (κ3) is 3.95. The molecule has 1 aromatic carbocycles. The zero-order chi connectivity index (χ0) is 18.7. The van der Waals surface area contributed by atoms with Crippen molar-refractivity contribution in [2.75, 3.05) is 6.54 Å². The molecule has 0 spiro atoms. The first kappa shape index (κ1) is 18.2. The van der Waals surface area contributed by atoms with Crippen molar-refractivity contribution in [2.45, 2.75) is 52.5 Å². The molecule has 26 heavy (non-hydrogen) atoms. The number of carbonyl (C=O) groups excluding carboxylic acids is 2. The Balaban J connectivity index is 1.74. The Hall–Kier alpha value is -2.63. The number of aromatic nitrogens is 2. The third-order valence-electron chi connectivity index (χ3n) is 4.98. The first-order valence-corrected chi connectivity index (χ1v) is 9.14. The van der Waals surface area contributed by atoms with Crippen LogP contribution in [0, 0.1) is 13.8 Å². The quantitative estimate of drug-likeness (QED) is 0.866. The minimum absolute atomic E-state index is 0.0103. The van der Waals surface area contributed by atoms with E-state index in [0.29, 0.717) is 6.54 Å². The van der Waals surface area contributed by atoms with E-state index >= 15 is 0 Å². The largest absolute Gasteiger partial charge is 0.356 e. The molecule has 6 nitrogen and oxygen atoms in total. The first-order chi connectivity index (χ1) is 12.5. The van der Waals surface area contributed by atoms with Gasteiger partial charge in [-0.2, -0.15) is 5.10 Å². The molecule has 6 heteroatoms. The Morgan fingerprint density at radius 1 is 1.27 bits per heavy atom. The summed E-state index contributed by atoms with van der Waals surface area (Å²) >= 11 is 0. The molecule has 1 aromatic heterocycles. The predicted molar refractivity (Wildman–Crippen MR) is 100 cm³/mol. The van der Waals surface area contributed by atoms with Gasteiger partial charge in [0.1, 0.15) is 0 Å². The molecule has 0 aliphatic heterocycles. The van der Waals surface area contributed by atoms with Gasteiger partial charge in [0, 0.05) is 31.1 Å². The predicted octanol–water partition coefficient (Wildman–Crippen LogP) is 2.51. The Morgan fingerprint density at radius 2 is 2.08 bits per heavy atom. The molecule has 3 rings (SSSR count). The van der Waals surface area contributed by atoms with Gasteiger partial charge in [-0.25, -0.2) is 4.68 Å². The summed E-state index contributed by atoms with van der Waals surface area (Å²) in [5, 5.41) is 10.3. The molecular formula is C20H26N4O2. The minimum atomic E-state index is -0.118. The number of carbonyl (C=O) groups is 2. The zero-order valence-corrected chi connectivity index (χ0v) is 15.6. The second-order valence-electron chi connectivity index (χ2n) is 6.97. The molecule has 0 radical (unpaired) electrons. The SMILES string of the molecule is CC(=O)NCCC(=O)NC1CCCc2c1cnn2-c1ccc(C)c(C)c1. The monoisotopic (exact) mass is 354 g/mol. The van der Waals surface area contributed by atoms with Gasteiger partial charge in [0.2, 0.25) is 11.8 Å². The summed E-state index contributed by atoms with van der Waals surface area (Å²) in [6, 6.07) is 6.34. The van der Waals surface area contributed by atoms with E-state index in [4.69, 9.17) is 0 Å².